The third kappa shape index (κ3) is 7.61. The molecule has 38 heavy (non-hydrogen) atoms. The lowest BCUT2D eigenvalue weighted by Crippen LogP contribution is -2.18. The molecule has 0 radical (unpaired) electrons. The number of halogens is 2. The van der Waals surface area contributed by atoms with Gasteiger partial charge in [0.05, 0.1) is 18.2 Å². The highest BCUT2D eigenvalue weighted by Gasteiger charge is 2.12. The minimum absolute atomic E-state index is 0.153. The van der Waals surface area contributed by atoms with E-state index in [-0.39, 0.29) is 18.1 Å². The summed E-state index contributed by atoms with van der Waals surface area (Å²) < 4.78 is 6.25. The minimum Gasteiger partial charge on any atom is -0.422 e. The summed E-state index contributed by atoms with van der Waals surface area (Å²) in [7, 11) is 0. The predicted octanol–water partition coefficient (Wildman–Crippen LogP) is 6.27. The summed E-state index contributed by atoms with van der Waals surface area (Å²) in [6, 6.07) is 27.2. The largest absolute Gasteiger partial charge is 0.422 e. The molecule has 0 aliphatic carbocycles. The molecule has 0 saturated carbocycles. The first-order valence-electron chi connectivity index (χ1n) is 11.4. The van der Waals surface area contributed by atoms with Crippen molar-refractivity contribution in [2.45, 2.75) is 6.42 Å². The quantitative estimate of drug-likeness (QED) is 0.109. The highest BCUT2D eigenvalue weighted by atomic mass is 79.9. The van der Waals surface area contributed by atoms with Crippen LogP contribution in [-0.2, 0) is 11.2 Å². The second-order valence-corrected chi connectivity index (χ2v) is 9.42. The van der Waals surface area contributed by atoms with Crippen molar-refractivity contribution in [3.05, 3.63) is 129 Å². The van der Waals surface area contributed by atoms with Crippen LogP contribution in [0.2, 0.25) is 5.02 Å². The molecule has 0 spiro atoms. The van der Waals surface area contributed by atoms with Gasteiger partial charge in [-0.15, -0.1) is 0 Å². The summed E-state index contributed by atoms with van der Waals surface area (Å²) in [5, 5.41) is 7.33. The zero-order valence-corrected chi connectivity index (χ0v) is 22.2. The van der Waals surface area contributed by atoms with Crippen molar-refractivity contribution < 1.29 is 19.1 Å². The molecule has 0 aliphatic heterocycles. The molecule has 0 fully saturated rings. The zero-order valence-electron chi connectivity index (χ0n) is 19.9. The number of nitrogens with one attached hydrogen (secondary N) is 2. The summed E-state index contributed by atoms with van der Waals surface area (Å²) in [5.41, 5.74) is 5.10. The Bertz CT molecular complexity index is 1470. The van der Waals surface area contributed by atoms with Gasteiger partial charge < -0.3 is 10.1 Å². The molecule has 0 unspecified atom stereocenters. The average molecular weight is 591 g/mol. The van der Waals surface area contributed by atoms with Crippen LogP contribution in [0.25, 0.3) is 0 Å². The summed E-state index contributed by atoms with van der Waals surface area (Å²) >= 11 is 9.26. The van der Waals surface area contributed by atoms with E-state index in [1.165, 1.54) is 6.21 Å². The van der Waals surface area contributed by atoms with Gasteiger partial charge in [0.1, 0.15) is 5.75 Å². The highest BCUT2D eigenvalue weighted by molar-refractivity contribution is 9.10. The van der Waals surface area contributed by atoms with Crippen LogP contribution >= 0.6 is 27.5 Å². The number of rotatable bonds is 8. The number of anilines is 1. The van der Waals surface area contributed by atoms with E-state index < -0.39 is 11.9 Å². The van der Waals surface area contributed by atoms with E-state index in [0.717, 1.165) is 10.0 Å². The Hall–Kier alpha value is -4.27. The third-order valence-electron chi connectivity index (χ3n) is 5.26. The number of hydrazone groups is 1. The van der Waals surface area contributed by atoms with Gasteiger partial charge in [-0.05, 0) is 72.3 Å². The number of nitrogens with zero attached hydrogens (tertiary/aromatic N) is 1. The standard InChI is InChI=1S/C29H21BrClN3O4/c30-23-10-15-26(38-29(37)21-6-11-24(31)12-7-21)22(17-23)18-32-34-28(36)20-8-13-25(14-9-20)33-27(35)16-19-4-2-1-3-5-19/h1-15,17-18H,16H2,(H,33,35)(H,34,36)/b32-18-. The number of carbonyl (C=O) groups is 3. The van der Waals surface area contributed by atoms with E-state index >= 15 is 0 Å². The lowest BCUT2D eigenvalue weighted by Gasteiger charge is -2.08. The molecule has 0 atom stereocenters. The molecule has 0 bridgehead atoms. The molecule has 0 saturated heterocycles. The first-order chi connectivity index (χ1) is 18.4. The van der Waals surface area contributed by atoms with Crippen LogP contribution in [0.5, 0.6) is 5.75 Å². The van der Waals surface area contributed by atoms with Crippen LogP contribution in [-0.4, -0.2) is 24.0 Å². The molecule has 0 aromatic heterocycles. The van der Waals surface area contributed by atoms with Gasteiger partial charge in [-0.3, -0.25) is 9.59 Å². The number of esters is 1. The maximum atomic E-state index is 12.5. The fourth-order valence-corrected chi connectivity index (χ4v) is 3.88. The van der Waals surface area contributed by atoms with Gasteiger partial charge in [-0.2, -0.15) is 5.10 Å². The fraction of sp³-hybridized carbons (Fsp3) is 0.0345. The summed E-state index contributed by atoms with van der Waals surface area (Å²) in [5.74, 6) is -0.891. The maximum absolute atomic E-state index is 12.5. The van der Waals surface area contributed by atoms with Gasteiger partial charge in [0.25, 0.3) is 5.91 Å². The number of amides is 2. The van der Waals surface area contributed by atoms with Crippen molar-refractivity contribution in [3.8, 4) is 5.75 Å². The number of hydrogen-bond acceptors (Lipinski definition) is 5. The normalized spacial score (nSPS) is 10.7. The summed E-state index contributed by atoms with van der Waals surface area (Å²) in [6.07, 6.45) is 1.63. The second-order valence-electron chi connectivity index (χ2n) is 8.07. The van der Waals surface area contributed by atoms with Crippen molar-refractivity contribution in [2.75, 3.05) is 5.32 Å². The predicted molar refractivity (Wildman–Crippen MR) is 151 cm³/mol. The van der Waals surface area contributed by atoms with Crippen LogP contribution < -0.4 is 15.5 Å². The monoisotopic (exact) mass is 589 g/mol. The average Bonchev–Trinajstić information content (AvgIpc) is 2.91. The number of ether oxygens (including phenoxy) is 1. The van der Waals surface area contributed by atoms with Gasteiger partial charge in [0, 0.05) is 26.3 Å². The first kappa shape index (κ1) is 26.8. The topological polar surface area (TPSA) is 96.9 Å². The molecular formula is C29H21BrClN3O4. The van der Waals surface area contributed by atoms with Crippen molar-refractivity contribution in [1.29, 1.82) is 0 Å². The van der Waals surface area contributed by atoms with Crippen molar-refractivity contribution >= 4 is 57.2 Å². The Morgan fingerprint density at radius 2 is 1.55 bits per heavy atom. The molecule has 0 heterocycles. The van der Waals surface area contributed by atoms with E-state index in [4.69, 9.17) is 16.3 Å². The Morgan fingerprint density at radius 1 is 0.868 bits per heavy atom. The van der Waals surface area contributed by atoms with Gasteiger partial charge in [-0.25, -0.2) is 10.2 Å². The van der Waals surface area contributed by atoms with E-state index in [9.17, 15) is 14.4 Å². The van der Waals surface area contributed by atoms with E-state index in [1.807, 2.05) is 30.3 Å². The van der Waals surface area contributed by atoms with E-state index in [0.29, 0.717) is 27.4 Å². The maximum Gasteiger partial charge on any atom is 0.343 e. The van der Waals surface area contributed by atoms with Gasteiger partial charge in [0.15, 0.2) is 0 Å². The van der Waals surface area contributed by atoms with Crippen LogP contribution in [0, 0.1) is 0 Å². The molecule has 4 aromatic carbocycles. The summed E-state index contributed by atoms with van der Waals surface area (Å²) in [4.78, 5) is 37.3. The Morgan fingerprint density at radius 3 is 2.26 bits per heavy atom. The third-order valence-corrected chi connectivity index (χ3v) is 6.01. The smallest absolute Gasteiger partial charge is 0.343 e. The van der Waals surface area contributed by atoms with Crippen molar-refractivity contribution in [2.24, 2.45) is 5.10 Å². The van der Waals surface area contributed by atoms with Crippen LogP contribution in [0.4, 0.5) is 5.69 Å². The highest BCUT2D eigenvalue weighted by Crippen LogP contribution is 2.23. The Balaban J connectivity index is 1.35. The van der Waals surface area contributed by atoms with Gasteiger partial charge in [0.2, 0.25) is 5.91 Å². The van der Waals surface area contributed by atoms with Crippen LogP contribution in [0.1, 0.15) is 31.8 Å². The van der Waals surface area contributed by atoms with Crippen molar-refractivity contribution in [1.82, 2.24) is 5.43 Å². The molecule has 190 valence electrons. The summed E-state index contributed by atoms with van der Waals surface area (Å²) in [6.45, 7) is 0. The molecule has 9 heteroatoms. The Kier molecular flexibility index (Phi) is 9.02. The lowest BCUT2D eigenvalue weighted by molar-refractivity contribution is -0.115. The molecule has 2 N–H and O–H groups in total. The van der Waals surface area contributed by atoms with E-state index in [1.54, 1.807) is 66.7 Å². The Labute approximate surface area is 232 Å². The molecule has 2 amide bonds. The molecule has 4 aromatic rings. The molecular weight excluding hydrogens is 570 g/mol. The number of carbonyl (C=O) groups excluding carboxylic acids is 3. The first-order valence-corrected chi connectivity index (χ1v) is 12.6. The van der Waals surface area contributed by atoms with E-state index in [2.05, 4.69) is 31.8 Å². The number of hydrogen-bond donors (Lipinski definition) is 2. The van der Waals surface area contributed by atoms with Crippen LogP contribution in [0.15, 0.2) is 107 Å². The van der Waals surface area contributed by atoms with Crippen LogP contribution in [0.3, 0.4) is 0 Å². The fourth-order valence-electron chi connectivity index (χ4n) is 3.37. The number of benzene rings is 4. The minimum atomic E-state index is -0.557. The van der Waals surface area contributed by atoms with Crippen molar-refractivity contribution in [3.63, 3.8) is 0 Å². The molecule has 7 nitrogen and oxygen atoms in total. The second kappa shape index (κ2) is 12.8. The molecule has 4 rings (SSSR count). The SMILES string of the molecule is O=C(Cc1ccccc1)Nc1ccc(C(=O)N/N=C\c2cc(Br)ccc2OC(=O)c2ccc(Cl)cc2)cc1. The van der Waals surface area contributed by atoms with Gasteiger partial charge in [-0.1, -0.05) is 57.9 Å². The molecule has 0 aliphatic rings. The van der Waals surface area contributed by atoms with Gasteiger partial charge >= 0.3 is 5.97 Å². The zero-order chi connectivity index (χ0) is 26.9. The lowest BCUT2D eigenvalue weighted by atomic mass is 10.1.